The van der Waals surface area contributed by atoms with Crippen LogP contribution in [0.25, 0.3) is 0 Å². The van der Waals surface area contributed by atoms with Crippen LogP contribution >= 0.6 is 0 Å². The summed E-state index contributed by atoms with van der Waals surface area (Å²) in [7, 11) is 0. The molecule has 0 saturated carbocycles. The van der Waals surface area contributed by atoms with Crippen LogP contribution in [0.3, 0.4) is 0 Å². The second-order valence-corrected chi connectivity index (χ2v) is 4.96. The first-order valence-corrected chi connectivity index (χ1v) is 6.71. The van der Waals surface area contributed by atoms with Gasteiger partial charge in [0.25, 0.3) is 5.91 Å². The molecular weight excluding hydrogens is 284 g/mol. The van der Waals surface area contributed by atoms with Crippen molar-refractivity contribution in [3.05, 3.63) is 29.8 Å². The lowest BCUT2D eigenvalue weighted by atomic mass is 10.0. The second-order valence-electron chi connectivity index (χ2n) is 4.96. The molecule has 7 nitrogen and oxygen atoms in total. The van der Waals surface area contributed by atoms with Crippen molar-refractivity contribution in [2.24, 2.45) is 11.7 Å². The number of amides is 3. The van der Waals surface area contributed by atoms with Crippen LogP contribution < -0.4 is 16.4 Å². The second kappa shape index (κ2) is 7.78. The summed E-state index contributed by atoms with van der Waals surface area (Å²) in [5, 5.41) is 13.8. The summed E-state index contributed by atoms with van der Waals surface area (Å²) in [5.41, 5.74) is 5.99. The lowest BCUT2D eigenvalue weighted by Crippen LogP contribution is -2.45. The van der Waals surface area contributed by atoms with Crippen molar-refractivity contribution in [1.29, 1.82) is 5.26 Å². The van der Waals surface area contributed by atoms with Gasteiger partial charge in [0.1, 0.15) is 6.04 Å². The number of hydrogen-bond acceptors (Lipinski definition) is 4. The number of nitrogens with one attached hydrogen (secondary N) is 2. The molecular formula is C15H18N4O3. The van der Waals surface area contributed by atoms with Crippen molar-refractivity contribution < 1.29 is 14.4 Å². The van der Waals surface area contributed by atoms with Crippen LogP contribution in [0, 0.1) is 17.2 Å². The van der Waals surface area contributed by atoms with E-state index in [0.29, 0.717) is 5.69 Å². The maximum atomic E-state index is 12.2. The van der Waals surface area contributed by atoms with E-state index < -0.39 is 23.8 Å². The third-order valence-corrected chi connectivity index (χ3v) is 2.90. The highest BCUT2D eigenvalue weighted by atomic mass is 16.2. The predicted molar refractivity (Wildman–Crippen MR) is 80.6 cm³/mol. The molecule has 1 aromatic rings. The summed E-state index contributed by atoms with van der Waals surface area (Å²) in [6.45, 7) is 3.00. The van der Waals surface area contributed by atoms with E-state index in [1.807, 2.05) is 6.07 Å². The average molecular weight is 302 g/mol. The molecule has 0 unspecified atom stereocenters. The molecule has 7 heteroatoms. The highest BCUT2D eigenvalue weighted by molar-refractivity contribution is 5.99. The van der Waals surface area contributed by atoms with E-state index >= 15 is 0 Å². The number of rotatable bonds is 6. The van der Waals surface area contributed by atoms with E-state index in [1.165, 1.54) is 13.0 Å². The Morgan fingerprint density at radius 3 is 2.59 bits per heavy atom. The number of hydrogen-bond donors (Lipinski definition) is 3. The van der Waals surface area contributed by atoms with Crippen LogP contribution in [0.5, 0.6) is 0 Å². The van der Waals surface area contributed by atoms with Crippen LogP contribution in [-0.2, 0) is 9.59 Å². The maximum Gasteiger partial charge on any atom is 0.252 e. The van der Waals surface area contributed by atoms with Gasteiger partial charge in [-0.25, -0.2) is 0 Å². The Morgan fingerprint density at radius 2 is 2.05 bits per heavy atom. The first kappa shape index (κ1) is 17.2. The molecule has 1 aromatic carbocycles. The van der Waals surface area contributed by atoms with Gasteiger partial charge in [-0.15, -0.1) is 0 Å². The summed E-state index contributed by atoms with van der Waals surface area (Å²) < 4.78 is 0. The minimum atomic E-state index is -0.924. The maximum absolute atomic E-state index is 12.2. The van der Waals surface area contributed by atoms with Gasteiger partial charge in [0, 0.05) is 24.1 Å². The summed E-state index contributed by atoms with van der Waals surface area (Å²) in [4.78, 5) is 34.5. The molecule has 0 aliphatic heterocycles. The molecule has 0 aliphatic carbocycles. The fraction of sp³-hybridized carbons (Fsp3) is 0.333. The zero-order chi connectivity index (χ0) is 16.7. The minimum absolute atomic E-state index is 0.142. The number of nitriles is 1. The summed E-state index contributed by atoms with van der Waals surface area (Å²) in [6.07, 6.45) is 0.142. The molecule has 2 atom stereocenters. The number of nitrogens with two attached hydrogens (primary N) is 1. The van der Waals surface area contributed by atoms with Gasteiger partial charge in [0.2, 0.25) is 11.8 Å². The van der Waals surface area contributed by atoms with Crippen molar-refractivity contribution in [3.63, 3.8) is 0 Å². The highest BCUT2D eigenvalue weighted by Gasteiger charge is 2.21. The van der Waals surface area contributed by atoms with E-state index in [1.54, 1.807) is 25.1 Å². The van der Waals surface area contributed by atoms with E-state index in [9.17, 15) is 14.4 Å². The third-order valence-electron chi connectivity index (χ3n) is 2.90. The molecule has 22 heavy (non-hydrogen) atoms. The summed E-state index contributed by atoms with van der Waals surface area (Å²) in [5.74, 6) is -1.87. The molecule has 0 aromatic heterocycles. The Hall–Kier alpha value is -2.88. The predicted octanol–water partition coefficient (Wildman–Crippen LogP) is 0.778. The summed E-state index contributed by atoms with van der Waals surface area (Å²) >= 11 is 0. The SMILES string of the molecule is CC(=O)Nc1cccc(C(=O)N[C@@H](C[C@@H](C)C#N)C(N)=O)c1. The Balaban J connectivity index is 2.84. The van der Waals surface area contributed by atoms with Gasteiger partial charge in [-0.1, -0.05) is 6.07 Å². The van der Waals surface area contributed by atoms with Gasteiger partial charge in [0.15, 0.2) is 0 Å². The van der Waals surface area contributed by atoms with Gasteiger partial charge >= 0.3 is 0 Å². The first-order chi connectivity index (χ1) is 10.3. The Morgan fingerprint density at radius 1 is 1.36 bits per heavy atom. The molecule has 0 bridgehead atoms. The normalized spacial score (nSPS) is 12.6. The number of carbonyl (C=O) groups excluding carboxylic acids is 3. The lowest BCUT2D eigenvalue weighted by Gasteiger charge is -2.16. The van der Waals surface area contributed by atoms with Gasteiger partial charge in [-0.3, -0.25) is 14.4 Å². The standard InChI is InChI=1S/C15H18N4O3/c1-9(8-16)6-13(14(17)21)19-15(22)11-4-3-5-12(7-11)18-10(2)20/h3-5,7,9,13H,6H2,1-2H3,(H2,17,21)(H,18,20)(H,19,22)/t9-,13+/m1/s1. The smallest absolute Gasteiger partial charge is 0.252 e. The Kier molecular flexibility index (Phi) is 6.08. The zero-order valence-corrected chi connectivity index (χ0v) is 12.4. The minimum Gasteiger partial charge on any atom is -0.368 e. The van der Waals surface area contributed by atoms with Crippen molar-refractivity contribution >= 4 is 23.4 Å². The molecule has 0 aliphatic rings. The van der Waals surface area contributed by atoms with Gasteiger partial charge in [0.05, 0.1) is 6.07 Å². The van der Waals surface area contributed by atoms with Gasteiger partial charge in [-0.05, 0) is 31.5 Å². The zero-order valence-electron chi connectivity index (χ0n) is 12.4. The molecule has 0 heterocycles. The first-order valence-electron chi connectivity index (χ1n) is 6.71. The van der Waals surface area contributed by atoms with Crippen molar-refractivity contribution in [1.82, 2.24) is 5.32 Å². The van der Waals surface area contributed by atoms with Crippen LogP contribution in [0.2, 0.25) is 0 Å². The van der Waals surface area contributed by atoms with Crippen LogP contribution in [0.1, 0.15) is 30.6 Å². The summed E-state index contributed by atoms with van der Waals surface area (Å²) in [6, 6.07) is 7.35. The highest BCUT2D eigenvalue weighted by Crippen LogP contribution is 2.12. The molecule has 0 spiro atoms. The van der Waals surface area contributed by atoms with E-state index in [4.69, 9.17) is 11.0 Å². The number of benzene rings is 1. The molecule has 0 fully saturated rings. The monoisotopic (exact) mass is 302 g/mol. The van der Waals surface area contributed by atoms with Gasteiger partial charge < -0.3 is 16.4 Å². The van der Waals surface area contributed by atoms with E-state index in [2.05, 4.69) is 10.6 Å². The topological polar surface area (TPSA) is 125 Å². The molecule has 1 rings (SSSR count). The Bertz CT molecular complexity index is 621. The van der Waals surface area contributed by atoms with Gasteiger partial charge in [-0.2, -0.15) is 5.26 Å². The van der Waals surface area contributed by atoms with E-state index in [0.717, 1.165) is 0 Å². The fourth-order valence-electron chi connectivity index (χ4n) is 1.84. The van der Waals surface area contributed by atoms with Crippen molar-refractivity contribution in [2.45, 2.75) is 26.3 Å². The quantitative estimate of drug-likeness (QED) is 0.717. The number of nitrogens with zero attached hydrogens (tertiary/aromatic N) is 1. The molecule has 4 N–H and O–H groups in total. The molecule has 0 radical (unpaired) electrons. The van der Waals surface area contributed by atoms with E-state index in [-0.39, 0.29) is 17.9 Å². The van der Waals surface area contributed by atoms with Crippen molar-refractivity contribution in [3.8, 4) is 6.07 Å². The lowest BCUT2D eigenvalue weighted by molar-refractivity contribution is -0.120. The number of anilines is 1. The molecule has 3 amide bonds. The number of primary amides is 1. The fourth-order valence-corrected chi connectivity index (χ4v) is 1.84. The largest absolute Gasteiger partial charge is 0.368 e. The average Bonchev–Trinajstić information content (AvgIpc) is 2.45. The third kappa shape index (κ3) is 5.25. The molecule has 116 valence electrons. The van der Waals surface area contributed by atoms with Crippen molar-refractivity contribution in [2.75, 3.05) is 5.32 Å². The van der Waals surface area contributed by atoms with Crippen LogP contribution in [-0.4, -0.2) is 23.8 Å². The molecule has 0 saturated heterocycles. The van der Waals surface area contributed by atoms with Crippen LogP contribution in [0.15, 0.2) is 24.3 Å². The Labute approximate surface area is 128 Å². The van der Waals surface area contributed by atoms with Crippen LogP contribution in [0.4, 0.5) is 5.69 Å². The number of carbonyl (C=O) groups is 3.